The standard InChI is InChI=1S/C9H14N4O2S/c1-13-9(11-7(14)8(15)12-13)16-6-3-2-4-10-5-6/h6,10H,2-5H2,1H3,(H,12,15). The van der Waals surface area contributed by atoms with E-state index in [1.165, 1.54) is 16.4 Å². The number of nitrogens with one attached hydrogen (secondary N) is 2. The average Bonchev–Trinajstić information content (AvgIpc) is 2.27. The molecule has 0 amide bonds. The van der Waals surface area contributed by atoms with E-state index in [0.29, 0.717) is 10.4 Å². The molecule has 1 unspecified atom stereocenters. The molecule has 2 N–H and O–H groups in total. The Morgan fingerprint density at radius 2 is 2.31 bits per heavy atom. The normalized spacial score (nSPS) is 20.9. The van der Waals surface area contributed by atoms with Gasteiger partial charge in [-0.3, -0.25) is 19.4 Å². The fourth-order valence-corrected chi connectivity index (χ4v) is 2.76. The van der Waals surface area contributed by atoms with Crippen LogP contribution < -0.4 is 16.4 Å². The molecule has 1 saturated heterocycles. The Kier molecular flexibility index (Phi) is 3.45. The molecule has 1 atom stereocenters. The van der Waals surface area contributed by atoms with Gasteiger partial charge in [0.05, 0.1) is 0 Å². The van der Waals surface area contributed by atoms with Crippen molar-refractivity contribution in [2.75, 3.05) is 13.1 Å². The van der Waals surface area contributed by atoms with E-state index in [1.54, 1.807) is 7.05 Å². The van der Waals surface area contributed by atoms with E-state index in [1.807, 2.05) is 0 Å². The summed E-state index contributed by atoms with van der Waals surface area (Å²) in [4.78, 5) is 25.9. The van der Waals surface area contributed by atoms with E-state index in [9.17, 15) is 9.59 Å². The van der Waals surface area contributed by atoms with Crippen LogP contribution in [0.25, 0.3) is 0 Å². The topological polar surface area (TPSA) is 79.8 Å². The summed E-state index contributed by atoms with van der Waals surface area (Å²) < 4.78 is 1.50. The number of piperidine rings is 1. The molecule has 88 valence electrons. The summed E-state index contributed by atoms with van der Waals surface area (Å²) in [5.74, 6) is 0. The van der Waals surface area contributed by atoms with Gasteiger partial charge in [0.2, 0.25) is 0 Å². The quantitative estimate of drug-likeness (QED) is 0.671. The number of aromatic nitrogens is 3. The third kappa shape index (κ3) is 2.53. The van der Waals surface area contributed by atoms with Gasteiger partial charge in [0.1, 0.15) is 0 Å². The lowest BCUT2D eigenvalue weighted by Crippen LogP contribution is -2.35. The second kappa shape index (κ2) is 4.84. The molecule has 1 aromatic rings. The van der Waals surface area contributed by atoms with E-state index in [4.69, 9.17) is 0 Å². The van der Waals surface area contributed by atoms with Crippen molar-refractivity contribution in [3.8, 4) is 0 Å². The monoisotopic (exact) mass is 242 g/mol. The van der Waals surface area contributed by atoms with Gasteiger partial charge in [0, 0.05) is 18.8 Å². The number of hydrogen-bond acceptors (Lipinski definition) is 5. The summed E-state index contributed by atoms with van der Waals surface area (Å²) in [7, 11) is 1.69. The second-order valence-electron chi connectivity index (χ2n) is 3.79. The fraction of sp³-hybridized carbons (Fsp3) is 0.667. The molecule has 0 aliphatic carbocycles. The molecule has 0 aromatic carbocycles. The van der Waals surface area contributed by atoms with Crippen LogP contribution in [0, 0.1) is 0 Å². The zero-order valence-electron chi connectivity index (χ0n) is 9.02. The third-order valence-electron chi connectivity index (χ3n) is 2.47. The number of aryl methyl sites for hydroxylation is 1. The molecule has 16 heavy (non-hydrogen) atoms. The summed E-state index contributed by atoms with van der Waals surface area (Å²) in [5.41, 5.74) is -1.39. The number of rotatable bonds is 2. The van der Waals surface area contributed by atoms with Gasteiger partial charge >= 0.3 is 11.1 Å². The van der Waals surface area contributed by atoms with Crippen LogP contribution in [0.2, 0.25) is 0 Å². The summed E-state index contributed by atoms with van der Waals surface area (Å²) in [6.07, 6.45) is 2.24. The highest BCUT2D eigenvalue weighted by molar-refractivity contribution is 7.99. The van der Waals surface area contributed by atoms with Crippen LogP contribution >= 0.6 is 11.8 Å². The highest BCUT2D eigenvalue weighted by Gasteiger charge is 2.16. The van der Waals surface area contributed by atoms with Crippen molar-refractivity contribution < 1.29 is 0 Å². The van der Waals surface area contributed by atoms with Crippen LogP contribution in [-0.2, 0) is 7.05 Å². The van der Waals surface area contributed by atoms with E-state index in [0.717, 1.165) is 25.9 Å². The molecule has 2 heterocycles. The highest BCUT2D eigenvalue weighted by Crippen LogP contribution is 2.23. The van der Waals surface area contributed by atoms with Crippen molar-refractivity contribution in [2.45, 2.75) is 23.2 Å². The minimum atomic E-state index is -0.718. The predicted octanol–water partition coefficient (Wildman–Crippen LogP) is -0.687. The Labute approximate surface area is 96.4 Å². The summed E-state index contributed by atoms with van der Waals surface area (Å²) in [5, 5.41) is 6.72. The first kappa shape index (κ1) is 11.4. The number of nitrogens with zero attached hydrogens (tertiary/aromatic N) is 2. The first-order valence-electron chi connectivity index (χ1n) is 5.21. The van der Waals surface area contributed by atoms with Gasteiger partial charge in [0.15, 0.2) is 5.16 Å². The van der Waals surface area contributed by atoms with Crippen LogP contribution in [-0.4, -0.2) is 33.1 Å². The minimum Gasteiger partial charge on any atom is -0.316 e. The Morgan fingerprint density at radius 1 is 1.50 bits per heavy atom. The largest absolute Gasteiger partial charge is 0.339 e. The Morgan fingerprint density at radius 3 is 3.00 bits per heavy atom. The average molecular weight is 242 g/mol. The summed E-state index contributed by atoms with van der Waals surface area (Å²) >= 11 is 1.53. The van der Waals surface area contributed by atoms with Gasteiger partial charge in [-0.1, -0.05) is 11.8 Å². The molecule has 6 nitrogen and oxygen atoms in total. The van der Waals surface area contributed by atoms with Gasteiger partial charge in [-0.05, 0) is 19.4 Å². The molecular formula is C9H14N4O2S. The molecule has 1 aliphatic rings. The van der Waals surface area contributed by atoms with Crippen molar-refractivity contribution >= 4 is 11.8 Å². The van der Waals surface area contributed by atoms with E-state index < -0.39 is 11.1 Å². The van der Waals surface area contributed by atoms with Crippen molar-refractivity contribution in [1.82, 2.24) is 20.1 Å². The summed E-state index contributed by atoms with van der Waals surface area (Å²) in [6, 6.07) is 0. The molecule has 1 fully saturated rings. The zero-order valence-corrected chi connectivity index (χ0v) is 9.84. The predicted molar refractivity (Wildman–Crippen MR) is 61.8 cm³/mol. The van der Waals surface area contributed by atoms with Gasteiger partial charge < -0.3 is 5.32 Å². The van der Waals surface area contributed by atoms with Gasteiger partial charge in [-0.2, -0.15) is 4.98 Å². The molecule has 1 aliphatic heterocycles. The Hall–Kier alpha value is -1.08. The van der Waals surface area contributed by atoms with Gasteiger partial charge in [-0.15, -0.1) is 0 Å². The molecular weight excluding hydrogens is 228 g/mol. The maximum atomic E-state index is 11.1. The van der Waals surface area contributed by atoms with E-state index >= 15 is 0 Å². The van der Waals surface area contributed by atoms with Gasteiger partial charge in [0.25, 0.3) is 0 Å². The van der Waals surface area contributed by atoms with Crippen LogP contribution in [0.15, 0.2) is 14.7 Å². The van der Waals surface area contributed by atoms with Crippen LogP contribution in [0.4, 0.5) is 0 Å². The smallest absolute Gasteiger partial charge is 0.316 e. The minimum absolute atomic E-state index is 0.415. The maximum Gasteiger partial charge on any atom is 0.339 e. The number of thioether (sulfide) groups is 1. The molecule has 2 rings (SSSR count). The van der Waals surface area contributed by atoms with Crippen molar-refractivity contribution in [3.63, 3.8) is 0 Å². The lowest BCUT2D eigenvalue weighted by molar-refractivity contribution is 0.526. The fourth-order valence-electron chi connectivity index (χ4n) is 1.64. The molecule has 0 bridgehead atoms. The lowest BCUT2D eigenvalue weighted by Gasteiger charge is -2.21. The highest BCUT2D eigenvalue weighted by atomic mass is 32.2. The second-order valence-corrected chi connectivity index (χ2v) is 5.05. The molecule has 0 spiro atoms. The van der Waals surface area contributed by atoms with Crippen molar-refractivity contribution in [3.05, 3.63) is 20.7 Å². The molecule has 7 heteroatoms. The van der Waals surface area contributed by atoms with Crippen molar-refractivity contribution in [1.29, 1.82) is 0 Å². The molecule has 0 saturated carbocycles. The van der Waals surface area contributed by atoms with Crippen LogP contribution in [0.1, 0.15) is 12.8 Å². The van der Waals surface area contributed by atoms with Crippen molar-refractivity contribution in [2.24, 2.45) is 7.05 Å². The first-order valence-corrected chi connectivity index (χ1v) is 6.09. The summed E-state index contributed by atoms with van der Waals surface area (Å²) in [6.45, 7) is 1.97. The maximum absolute atomic E-state index is 11.1. The molecule has 1 aromatic heterocycles. The number of aromatic amines is 1. The Bertz CT molecular complexity index is 475. The molecule has 0 radical (unpaired) electrons. The zero-order chi connectivity index (χ0) is 11.5. The van der Waals surface area contributed by atoms with Crippen LogP contribution in [0.3, 0.4) is 0 Å². The SMILES string of the molecule is Cn1[nH]c(=O)c(=O)nc1SC1CCCNC1. The third-order valence-corrected chi connectivity index (χ3v) is 3.78. The number of H-pyrrole nitrogens is 1. The van der Waals surface area contributed by atoms with Crippen LogP contribution in [0.5, 0.6) is 0 Å². The lowest BCUT2D eigenvalue weighted by atomic mass is 10.2. The number of hydrogen-bond donors (Lipinski definition) is 2. The first-order chi connectivity index (χ1) is 7.66. The Balaban J connectivity index is 2.17. The van der Waals surface area contributed by atoms with E-state index in [-0.39, 0.29) is 0 Å². The van der Waals surface area contributed by atoms with E-state index in [2.05, 4.69) is 15.4 Å². The van der Waals surface area contributed by atoms with Gasteiger partial charge in [-0.25, -0.2) is 0 Å².